The second kappa shape index (κ2) is 9.64. The van der Waals surface area contributed by atoms with Gasteiger partial charge < -0.3 is 15.4 Å². The van der Waals surface area contributed by atoms with Gasteiger partial charge in [-0.05, 0) is 18.8 Å². The Morgan fingerprint density at radius 3 is 2.47 bits per heavy atom. The fourth-order valence-electron chi connectivity index (χ4n) is 2.46. The number of esters is 1. The first-order valence-corrected chi connectivity index (χ1v) is 7.31. The summed E-state index contributed by atoms with van der Waals surface area (Å²) in [5.41, 5.74) is 0. The van der Waals surface area contributed by atoms with Crippen LogP contribution in [0.4, 0.5) is 4.79 Å². The van der Waals surface area contributed by atoms with Gasteiger partial charge in [-0.15, -0.1) is 0 Å². The predicted octanol–water partition coefficient (Wildman–Crippen LogP) is 2.21. The molecule has 0 saturated heterocycles. The van der Waals surface area contributed by atoms with Gasteiger partial charge >= 0.3 is 12.0 Å². The van der Waals surface area contributed by atoms with Gasteiger partial charge in [0.05, 0.1) is 7.11 Å². The lowest BCUT2D eigenvalue weighted by atomic mass is 9.87. The second-order valence-electron chi connectivity index (χ2n) is 5.16. The molecule has 0 unspecified atom stereocenters. The smallest absolute Gasteiger partial charge is 0.314 e. The highest BCUT2D eigenvalue weighted by molar-refractivity contribution is 5.74. The summed E-state index contributed by atoms with van der Waals surface area (Å²) in [5, 5.41) is 5.61. The number of urea groups is 1. The Bertz CT molecular complexity index is 276. The molecule has 0 atom stereocenters. The van der Waals surface area contributed by atoms with Gasteiger partial charge in [-0.1, -0.05) is 32.1 Å². The third-order valence-electron chi connectivity index (χ3n) is 3.63. The first kappa shape index (κ1) is 15.8. The van der Waals surface area contributed by atoms with Gasteiger partial charge in [0.2, 0.25) is 0 Å². The molecular formula is C14H26N2O3. The van der Waals surface area contributed by atoms with E-state index in [0.29, 0.717) is 19.4 Å². The maximum absolute atomic E-state index is 11.5. The Kier molecular flexibility index (Phi) is 8.02. The van der Waals surface area contributed by atoms with Crippen LogP contribution in [0.2, 0.25) is 0 Å². The molecule has 0 heterocycles. The number of amides is 2. The minimum atomic E-state index is -0.237. The third-order valence-corrected chi connectivity index (χ3v) is 3.63. The Morgan fingerprint density at radius 1 is 1.11 bits per heavy atom. The molecule has 0 aliphatic heterocycles. The zero-order valence-electron chi connectivity index (χ0n) is 11.9. The zero-order valence-corrected chi connectivity index (χ0v) is 11.9. The van der Waals surface area contributed by atoms with Crippen LogP contribution < -0.4 is 10.6 Å². The van der Waals surface area contributed by atoms with Gasteiger partial charge in [0, 0.05) is 19.5 Å². The van der Waals surface area contributed by atoms with E-state index in [0.717, 1.165) is 18.9 Å². The van der Waals surface area contributed by atoms with E-state index in [2.05, 4.69) is 15.4 Å². The van der Waals surface area contributed by atoms with E-state index < -0.39 is 0 Å². The van der Waals surface area contributed by atoms with Crippen molar-refractivity contribution in [2.24, 2.45) is 5.92 Å². The maximum Gasteiger partial charge on any atom is 0.314 e. The number of ether oxygens (including phenoxy) is 1. The molecule has 110 valence electrons. The maximum atomic E-state index is 11.5. The Hall–Kier alpha value is -1.26. The summed E-state index contributed by atoms with van der Waals surface area (Å²) in [6, 6.07) is -0.138. The summed E-state index contributed by atoms with van der Waals surface area (Å²) in [6.45, 7) is 1.25. The van der Waals surface area contributed by atoms with Crippen molar-refractivity contribution in [1.29, 1.82) is 0 Å². The molecular weight excluding hydrogens is 244 g/mol. The standard InChI is InChI=1S/C14H26N2O3/c1-19-13(17)8-5-10-15-14(18)16-11-9-12-6-3-2-4-7-12/h12H,2-11H2,1H3,(H2,15,16,18). The normalized spacial score (nSPS) is 15.8. The highest BCUT2D eigenvalue weighted by atomic mass is 16.5. The number of nitrogens with one attached hydrogen (secondary N) is 2. The summed E-state index contributed by atoms with van der Waals surface area (Å²) in [7, 11) is 1.37. The van der Waals surface area contributed by atoms with Gasteiger partial charge in [-0.25, -0.2) is 4.79 Å². The van der Waals surface area contributed by atoms with E-state index >= 15 is 0 Å². The molecule has 0 radical (unpaired) electrons. The lowest BCUT2D eigenvalue weighted by molar-refractivity contribution is -0.140. The molecule has 0 aromatic heterocycles. The SMILES string of the molecule is COC(=O)CCCNC(=O)NCCC1CCCCC1. The Balaban J connectivity index is 1.94. The summed E-state index contributed by atoms with van der Waals surface area (Å²) in [5.74, 6) is 0.549. The van der Waals surface area contributed by atoms with Gasteiger partial charge in [-0.2, -0.15) is 0 Å². The van der Waals surface area contributed by atoms with Crippen LogP contribution in [0.15, 0.2) is 0 Å². The molecule has 5 heteroatoms. The molecule has 1 rings (SSSR count). The first-order valence-electron chi connectivity index (χ1n) is 7.31. The molecule has 0 bridgehead atoms. The highest BCUT2D eigenvalue weighted by Crippen LogP contribution is 2.25. The quantitative estimate of drug-likeness (QED) is 0.550. The van der Waals surface area contributed by atoms with Gasteiger partial charge in [0.25, 0.3) is 0 Å². The molecule has 5 nitrogen and oxygen atoms in total. The van der Waals surface area contributed by atoms with E-state index in [-0.39, 0.29) is 12.0 Å². The molecule has 2 N–H and O–H groups in total. The van der Waals surface area contributed by atoms with Crippen molar-refractivity contribution < 1.29 is 14.3 Å². The second-order valence-corrected chi connectivity index (χ2v) is 5.16. The number of carbonyl (C=O) groups excluding carboxylic acids is 2. The molecule has 2 amide bonds. The van der Waals surface area contributed by atoms with Gasteiger partial charge in [0.15, 0.2) is 0 Å². The van der Waals surface area contributed by atoms with Crippen LogP contribution >= 0.6 is 0 Å². The van der Waals surface area contributed by atoms with Crippen LogP contribution in [0.5, 0.6) is 0 Å². The lowest BCUT2D eigenvalue weighted by Crippen LogP contribution is -2.37. The predicted molar refractivity (Wildman–Crippen MR) is 73.8 cm³/mol. The topological polar surface area (TPSA) is 67.4 Å². The van der Waals surface area contributed by atoms with E-state index in [4.69, 9.17) is 0 Å². The Morgan fingerprint density at radius 2 is 1.79 bits per heavy atom. The van der Waals surface area contributed by atoms with Crippen LogP contribution in [0, 0.1) is 5.92 Å². The first-order chi connectivity index (χ1) is 9.22. The molecule has 0 aromatic rings. The summed E-state index contributed by atoms with van der Waals surface area (Å²) < 4.78 is 4.52. The number of rotatable bonds is 7. The van der Waals surface area contributed by atoms with Crippen molar-refractivity contribution >= 4 is 12.0 Å². The van der Waals surface area contributed by atoms with Crippen molar-refractivity contribution in [3.63, 3.8) is 0 Å². The van der Waals surface area contributed by atoms with E-state index in [9.17, 15) is 9.59 Å². The minimum absolute atomic E-state index is 0.138. The van der Waals surface area contributed by atoms with Crippen LogP contribution in [0.1, 0.15) is 51.4 Å². The molecule has 1 saturated carbocycles. The van der Waals surface area contributed by atoms with Crippen LogP contribution in [0.3, 0.4) is 0 Å². The van der Waals surface area contributed by atoms with Crippen LogP contribution in [0.25, 0.3) is 0 Å². The zero-order chi connectivity index (χ0) is 13.9. The van der Waals surface area contributed by atoms with Crippen molar-refractivity contribution in [2.45, 2.75) is 51.4 Å². The van der Waals surface area contributed by atoms with Crippen LogP contribution in [-0.4, -0.2) is 32.2 Å². The average Bonchev–Trinajstić information content (AvgIpc) is 2.44. The van der Waals surface area contributed by atoms with Crippen LogP contribution in [-0.2, 0) is 9.53 Å². The van der Waals surface area contributed by atoms with Crippen molar-refractivity contribution in [3.05, 3.63) is 0 Å². The Labute approximate surface area is 115 Å². The number of hydrogen-bond acceptors (Lipinski definition) is 3. The fraction of sp³-hybridized carbons (Fsp3) is 0.857. The van der Waals surface area contributed by atoms with E-state index in [1.165, 1.54) is 39.2 Å². The number of carbonyl (C=O) groups is 2. The third kappa shape index (κ3) is 7.70. The molecule has 19 heavy (non-hydrogen) atoms. The molecule has 1 aliphatic rings. The molecule has 0 aromatic carbocycles. The van der Waals surface area contributed by atoms with Crippen molar-refractivity contribution in [3.8, 4) is 0 Å². The summed E-state index contributed by atoms with van der Waals surface area (Å²) >= 11 is 0. The molecule has 1 aliphatic carbocycles. The highest BCUT2D eigenvalue weighted by Gasteiger charge is 2.13. The number of hydrogen-bond donors (Lipinski definition) is 2. The van der Waals surface area contributed by atoms with E-state index in [1.807, 2.05) is 0 Å². The van der Waals surface area contributed by atoms with Gasteiger partial charge in [-0.3, -0.25) is 4.79 Å². The monoisotopic (exact) mass is 270 g/mol. The summed E-state index contributed by atoms with van der Waals surface area (Å²) in [4.78, 5) is 22.3. The molecule has 1 fully saturated rings. The van der Waals surface area contributed by atoms with E-state index in [1.54, 1.807) is 0 Å². The largest absolute Gasteiger partial charge is 0.469 e. The summed E-state index contributed by atoms with van der Waals surface area (Å²) in [6.07, 6.45) is 8.70. The minimum Gasteiger partial charge on any atom is -0.469 e. The molecule has 0 spiro atoms. The number of methoxy groups -OCH3 is 1. The van der Waals surface area contributed by atoms with Crippen molar-refractivity contribution in [2.75, 3.05) is 20.2 Å². The van der Waals surface area contributed by atoms with Gasteiger partial charge in [0.1, 0.15) is 0 Å². The fourth-order valence-corrected chi connectivity index (χ4v) is 2.46. The average molecular weight is 270 g/mol. The van der Waals surface area contributed by atoms with Crippen molar-refractivity contribution in [1.82, 2.24) is 10.6 Å². The lowest BCUT2D eigenvalue weighted by Gasteiger charge is -2.21.